The van der Waals surface area contributed by atoms with Crippen LogP contribution in [0.25, 0.3) is 0 Å². The highest BCUT2D eigenvalue weighted by atomic mass is 79.9. The van der Waals surface area contributed by atoms with Crippen LogP contribution in [-0.4, -0.2) is 30.1 Å². The maximum absolute atomic E-state index is 6.20. The van der Waals surface area contributed by atoms with Crippen LogP contribution in [-0.2, 0) is 0 Å². The molecule has 2 fully saturated rings. The van der Waals surface area contributed by atoms with Gasteiger partial charge >= 0.3 is 0 Å². The van der Waals surface area contributed by atoms with Crippen LogP contribution in [0.1, 0.15) is 25.7 Å². The van der Waals surface area contributed by atoms with Crippen LogP contribution in [0.2, 0.25) is 0 Å². The third-order valence-corrected chi connectivity index (χ3v) is 8.95. The monoisotopic (exact) mass is 493 g/mol. The van der Waals surface area contributed by atoms with Crippen molar-refractivity contribution in [2.45, 2.75) is 43.9 Å². The van der Waals surface area contributed by atoms with Gasteiger partial charge in [-0.25, -0.2) is 0 Å². The van der Waals surface area contributed by atoms with Crippen LogP contribution in [0.3, 0.4) is 0 Å². The number of rotatable bonds is 2. The van der Waals surface area contributed by atoms with E-state index in [-0.39, 0.29) is 12.4 Å². The van der Waals surface area contributed by atoms with Crippen LogP contribution in [0, 0.1) is 0 Å². The first-order valence-electron chi connectivity index (χ1n) is 6.08. The van der Waals surface area contributed by atoms with E-state index in [2.05, 4.69) is 59.7 Å². The molecule has 2 saturated heterocycles. The molecule has 0 N–H and O–H groups in total. The van der Waals surface area contributed by atoms with E-state index in [0.29, 0.717) is 6.10 Å². The number of halogens is 4. The van der Waals surface area contributed by atoms with Crippen LogP contribution in [0.15, 0.2) is 12.7 Å². The molecular weight excluding hydrogens is 481 g/mol. The minimum Gasteiger partial charge on any atom is -0.480 e. The molecule has 0 radical (unpaired) electrons. The SMILES string of the molecule is CN1[C@@H]2CC[C@H]1C[C@H](Oc1sc(Br)c(Br)c1Br)C2.Cl. The summed E-state index contributed by atoms with van der Waals surface area (Å²) < 4.78 is 9.37. The molecule has 0 spiro atoms. The maximum atomic E-state index is 6.20. The van der Waals surface area contributed by atoms with Crippen molar-refractivity contribution < 1.29 is 4.74 Å². The molecule has 0 amide bonds. The van der Waals surface area contributed by atoms with Crippen molar-refractivity contribution in [2.75, 3.05) is 7.05 Å². The Balaban J connectivity index is 0.00000133. The molecule has 0 aromatic carbocycles. The predicted molar refractivity (Wildman–Crippen MR) is 92.9 cm³/mol. The maximum Gasteiger partial charge on any atom is 0.190 e. The molecule has 1 aromatic rings. The molecule has 0 saturated carbocycles. The highest BCUT2D eigenvalue weighted by Gasteiger charge is 2.39. The van der Waals surface area contributed by atoms with E-state index in [9.17, 15) is 0 Å². The molecule has 2 aliphatic heterocycles. The molecule has 7 heteroatoms. The molecule has 3 atom stereocenters. The summed E-state index contributed by atoms with van der Waals surface area (Å²) in [5, 5.41) is 0.989. The summed E-state index contributed by atoms with van der Waals surface area (Å²) in [5.41, 5.74) is 0. The summed E-state index contributed by atoms with van der Waals surface area (Å²) in [7, 11) is 2.26. The number of piperidine rings is 1. The Hall–Kier alpha value is 1.19. The molecule has 2 aliphatic rings. The molecule has 2 bridgehead atoms. The molecule has 108 valence electrons. The second-order valence-electron chi connectivity index (χ2n) is 5.05. The first-order chi connectivity index (χ1) is 8.56. The smallest absolute Gasteiger partial charge is 0.190 e. The van der Waals surface area contributed by atoms with E-state index >= 15 is 0 Å². The quantitative estimate of drug-likeness (QED) is 0.539. The van der Waals surface area contributed by atoms with E-state index in [1.807, 2.05) is 0 Å². The summed E-state index contributed by atoms with van der Waals surface area (Å²) >= 11 is 12.3. The van der Waals surface area contributed by atoms with Crippen molar-refractivity contribution >= 4 is 71.5 Å². The lowest BCUT2D eigenvalue weighted by molar-refractivity contribution is 0.0681. The number of nitrogens with zero attached hydrogens (tertiary/aromatic N) is 1. The summed E-state index contributed by atoms with van der Waals surface area (Å²) in [4.78, 5) is 2.54. The molecule has 2 nitrogen and oxygen atoms in total. The third-order valence-electron chi connectivity index (χ3n) is 4.06. The number of hydrogen-bond donors (Lipinski definition) is 0. The second kappa shape index (κ2) is 6.53. The van der Waals surface area contributed by atoms with Gasteiger partial charge in [0.15, 0.2) is 5.06 Å². The van der Waals surface area contributed by atoms with Crippen molar-refractivity contribution in [1.29, 1.82) is 0 Å². The van der Waals surface area contributed by atoms with Gasteiger partial charge in [-0.3, -0.25) is 0 Å². The zero-order chi connectivity index (χ0) is 12.9. The van der Waals surface area contributed by atoms with Gasteiger partial charge in [0, 0.05) is 12.1 Å². The largest absolute Gasteiger partial charge is 0.480 e. The minimum absolute atomic E-state index is 0. The number of fused-ring (bicyclic) bond motifs is 2. The van der Waals surface area contributed by atoms with Crippen molar-refractivity contribution in [2.24, 2.45) is 0 Å². The average molecular weight is 496 g/mol. The molecular formula is C12H15Br3ClNOS. The Morgan fingerprint density at radius 1 is 1.11 bits per heavy atom. The molecule has 19 heavy (non-hydrogen) atoms. The zero-order valence-corrected chi connectivity index (χ0v) is 16.8. The zero-order valence-electron chi connectivity index (χ0n) is 10.4. The van der Waals surface area contributed by atoms with Crippen LogP contribution in [0.5, 0.6) is 5.06 Å². The predicted octanol–water partition coefficient (Wildman–Crippen LogP) is 5.46. The highest BCUT2D eigenvalue weighted by molar-refractivity contribution is 9.14. The fourth-order valence-corrected chi connectivity index (χ4v) is 5.89. The van der Waals surface area contributed by atoms with Crippen molar-refractivity contribution in [3.8, 4) is 5.06 Å². The third kappa shape index (κ3) is 3.19. The average Bonchev–Trinajstić information content (AvgIpc) is 2.71. The fourth-order valence-electron chi connectivity index (χ4n) is 3.03. The summed E-state index contributed by atoms with van der Waals surface area (Å²) in [6, 6.07) is 1.44. The normalized spacial score (nSPS) is 30.2. The van der Waals surface area contributed by atoms with Gasteiger partial charge in [-0.15, -0.1) is 12.4 Å². The van der Waals surface area contributed by atoms with Crippen LogP contribution < -0.4 is 4.74 Å². The molecule has 3 rings (SSSR count). The Morgan fingerprint density at radius 2 is 1.68 bits per heavy atom. The van der Waals surface area contributed by atoms with Gasteiger partial charge in [-0.1, -0.05) is 11.3 Å². The Labute approximate surface area is 149 Å². The molecule has 0 unspecified atom stereocenters. The molecule has 1 aromatic heterocycles. The standard InChI is InChI=1S/C12H14Br3NOS.ClH/c1-16-6-2-3-7(16)5-8(4-6)17-12-10(14)9(13)11(15)18-12;/h6-8H,2-5H2,1H3;1H/t6-,7+,8-;. The van der Waals surface area contributed by atoms with Crippen molar-refractivity contribution in [3.05, 3.63) is 12.7 Å². The van der Waals surface area contributed by atoms with Gasteiger partial charge in [0.25, 0.3) is 0 Å². The first-order valence-corrected chi connectivity index (χ1v) is 9.27. The number of thiophene rings is 1. The van der Waals surface area contributed by atoms with Crippen LogP contribution in [0.4, 0.5) is 0 Å². The topological polar surface area (TPSA) is 12.5 Å². The van der Waals surface area contributed by atoms with Crippen molar-refractivity contribution in [3.63, 3.8) is 0 Å². The van der Waals surface area contributed by atoms with Gasteiger partial charge in [-0.05, 0) is 80.5 Å². The van der Waals surface area contributed by atoms with Gasteiger partial charge in [0.2, 0.25) is 0 Å². The van der Waals surface area contributed by atoms with E-state index in [0.717, 1.165) is 42.7 Å². The van der Waals surface area contributed by atoms with Crippen molar-refractivity contribution in [1.82, 2.24) is 4.90 Å². The van der Waals surface area contributed by atoms with Gasteiger partial charge in [-0.2, -0.15) is 0 Å². The van der Waals surface area contributed by atoms with E-state index in [4.69, 9.17) is 4.74 Å². The van der Waals surface area contributed by atoms with E-state index < -0.39 is 0 Å². The summed E-state index contributed by atoms with van der Waals surface area (Å²) in [5.74, 6) is 0. The Bertz CT molecular complexity index is 456. The van der Waals surface area contributed by atoms with E-state index in [1.165, 1.54) is 12.8 Å². The van der Waals surface area contributed by atoms with E-state index in [1.54, 1.807) is 11.3 Å². The molecule has 3 heterocycles. The lowest BCUT2D eigenvalue weighted by Crippen LogP contribution is -2.43. The lowest BCUT2D eigenvalue weighted by atomic mass is 10.0. The van der Waals surface area contributed by atoms with Gasteiger partial charge < -0.3 is 9.64 Å². The summed E-state index contributed by atoms with van der Waals surface area (Å²) in [6.45, 7) is 0. The Kier molecular flexibility index (Phi) is 5.69. The highest BCUT2D eigenvalue weighted by Crippen LogP contribution is 2.47. The second-order valence-corrected chi connectivity index (χ2v) is 8.94. The van der Waals surface area contributed by atoms with Crippen LogP contribution >= 0.6 is 71.5 Å². The molecule has 0 aliphatic carbocycles. The summed E-state index contributed by atoms with van der Waals surface area (Å²) in [6.07, 6.45) is 5.35. The Morgan fingerprint density at radius 3 is 2.16 bits per heavy atom. The minimum atomic E-state index is 0. The number of hydrogen-bond acceptors (Lipinski definition) is 3. The lowest BCUT2D eigenvalue weighted by Gasteiger charge is -2.36. The fraction of sp³-hybridized carbons (Fsp3) is 0.667. The van der Waals surface area contributed by atoms with Gasteiger partial charge in [0.05, 0.1) is 12.7 Å². The number of ether oxygens (including phenoxy) is 1. The van der Waals surface area contributed by atoms with Gasteiger partial charge in [0.1, 0.15) is 6.10 Å². The first kappa shape index (κ1) is 16.6.